The van der Waals surface area contributed by atoms with E-state index in [9.17, 15) is 4.79 Å². The molecule has 7 heteroatoms. The molecule has 3 aromatic carbocycles. The maximum atomic E-state index is 11.0. The third-order valence-electron chi connectivity index (χ3n) is 4.81. The Kier molecular flexibility index (Phi) is 10.2. The van der Waals surface area contributed by atoms with Gasteiger partial charge in [-0.05, 0) is 59.5 Å². The van der Waals surface area contributed by atoms with Gasteiger partial charge in [0.25, 0.3) is 0 Å². The van der Waals surface area contributed by atoms with Gasteiger partial charge in [0.1, 0.15) is 17.2 Å². The molecule has 0 amide bonds. The number of rotatable bonds is 15. The van der Waals surface area contributed by atoms with Crippen LogP contribution in [0.15, 0.2) is 98.3 Å². The Balaban J connectivity index is 1.40. The SMILES string of the molecule is C=COCOCCc1ccc(OCOc2ccc(-c3ccc(OCOC(=O)C=C)cc3)cc2)cc1. The van der Waals surface area contributed by atoms with Crippen LogP contribution in [0.5, 0.6) is 17.2 Å². The molecule has 0 atom stereocenters. The van der Waals surface area contributed by atoms with Crippen molar-refractivity contribution in [1.82, 2.24) is 0 Å². The summed E-state index contributed by atoms with van der Waals surface area (Å²) < 4.78 is 31.8. The van der Waals surface area contributed by atoms with Crippen molar-refractivity contribution in [2.75, 3.05) is 27.0 Å². The van der Waals surface area contributed by atoms with Gasteiger partial charge in [-0.3, -0.25) is 0 Å². The van der Waals surface area contributed by atoms with Crippen LogP contribution in [0.3, 0.4) is 0 Å². The molecular weight excluding hydrogens is 448 g/mol. The molecule has 0 radical (unpaired) electrons. The molecule has 7 nitrogen and oxygen atoms in total. The summed E-state index contributed by atoms with van der Waals surface area (Å²) in [6, 6.07) is 23.0. The van der Waals surface area contributed by atoms with Gasteiger partial charge in [-0.15, -0.1) is 0 Å². The summed E-state index contributed by atoms with van der Waals surface area (Å²) in [5.74, 6) is 1.50. The third-order valence-corrected chi connectivity index (χ3v) is 4.81. The standard InChI is InChI=1S/C28H28O7/c1-3-28(29)35-21-34-27-15-9-24(10-16-27)23-7-13-26(14-8-23)33-20-32-25-11-5-22(6-12-25)17-18-31-19-30-4-2/h3-16H,1-2,17-21H2. The van der Waals surface area contributed by atoms with Crippen molar-refractivity contribution in [3.05, 3.63) is 104 Å². The van der Waals surface area contributed by atoms with Crippen LogP contribution in [0.1, 0.15) is 5.56 Å². The Morgan fingerprint density at radius 2 is 1.20 bits per heavy atom. The van der Waals surface area contributed by atoms with E-state index in [0.29, 0.717) is 18.1 Å². The van der Waals surface area contributed by atoms with Crippen molar-refractivity contribution in [1.29, 1.82) is 0 Å². The lowest BCUT2D eigenvalue weighted by Crippen LogP contribution is -2.07. The predicted octanol–water partition coefficient (Wildman–Crippen LogP) is 5.51. The predicted molar refractivity (Wildman–Crippen MR) is 132 cm³/mol. The molecule has 0 aliphatic heterocycles. The normalized spacial score (nSPS) is 10.2. The molecule has 0 saturated carbocycles. The minimum absolute atomic E-state index is 0.100. The minimum Gasteiger partial charge on any atom is -0.476 e. The van der Waals surface area contributed by atoms with Gasteiger partial charge in [0.15, 0.2) is 6.79 Å². The summed E-state index contributed by atoms with van der Waals surface area (Å²) in [5.41, 5.74) is 3.18. The molecule has 0 bridgehead atoms. The van der Waals surface area contributed by atoms with Crippen molar-refractivity contribution in [3.63, 3.8) is 0 Å². The number of hydrogen-bond acceptors (Lipinski definition) is 7. The fourth-order valence-corrected chi connectivity index (χ4v) is 2.96. The minimum atomic E-state index is -0.528. The highest BCUT2D eigenvalue weighted by atomic mass is 16.7. The number of esters is 1. The van der Waals surface area contributed by atoms with E-state index in [1.54, 1.807) is 0 Å². The first-order valence-corrected chi connectivity index (χ1v) is 10.9. The summed E-state index contributed by atoms with van der Waals surface area (Å²) >= 11 is 0. The molecule has 0 spiro atoms. The quantitative estimate of drug-likeness (QED) is 0.0941. The molecular formula is C28H28O7. The molecule has 0 N–H and O–H groups in total. The summed E-state index contributed by atoms with van der Waals surface area (Å²) in [7, 11) is 0. The van der Waals surface area contributed by atoms with Gasteiger partial charge >= 0.3 is 5.97 Å². The second kappa shape index (κ2) is 14.1. The Morgan fingerprint density at radius 1 is 0.686 bits per heavy atom. The van der Waals surface area contributed by atoms with Gasteiger partial charge in [-0.2, -0.15) is 0 Å². The number of ether oxygens (including phenoxy) is 6. The Labute approximate surface area is 205 Å². The Bertz CT molecular complexity index is 1060. The Hall–Kier alpha value is -4.23. The fourth-order valence-electron chi connectivity index (χ4n) is 2.96. The van der Waals surface area contributed by atoms with Gasteiger partial charge in [-0.1, -0.05) is 49.6 Å². The lowest BCUT2D eigenvalue weighted by molar-refractivity contribution is -0.144. The molecule has 0 aromatic heterocycles. The maximum Gasteiger partial charge on any atom is 0.333 e. The number of carbonyl (C=O) groups is 1. The van der Waals surface area contributed by atoms with Crippen molar-refractivity contribution in [2.45, 2.75) is 6.42 Å². The Morgan fingerprint density at radius 3 is 1.71 bits per heavy atom. The van der Waals surface area contributed by atoms with E-state index in [4.69, 9.17) is 28.4 Å². The first-order chi connectivity index (χ1) is 17.2. The van der Waals surface area contributed by atoms with Crippen LogP contribution in [-0.4, -0.2) is 33.0 Å². The number of carbonyl (C=O) groups excluding carboxylic acids is 1. The molecule has 35 heavy (non-hydrogen) atoms. The van der Waals surface area contributed by atoms with Gasteiger partial charge in [0, 0.05) is 6.08 Å². The third kappa shape index (κ3) is 8.91. The van der Waals surface area contributed by atoms with Crippen LogP contribution in [0.2, 0.25) is 0 Å². The van der Waals surface area contributed by atoms with Crippen LogP contribution in [-0.2, 0) is 25.4 Å². The van der Waals surface area contributed by atoms with Crippen molar-refractivity contribution in [2.24, 2.45) is 0 Å². The second-order valence-electron chi connectivity index (χ2n) is 7.14. The zero-order chi connectivity index (χ0) is 24.7. The molecule has 3 aromatic rings. The van der Waals surface area contributed by atoms with Crippen molar-refractivity contribution >= 4 is 5.97 Å². The van der Waals surface area contributed by atoms with E-state index in [2.05, 4.69) is 13.2 Å². The summed E-state index contributed by atoms with van der Waals surface area (Å²) in [6.07, 6.45) is 3.23. The zero-order valence-electron chi connectivity index (χ0n) is 19.4. The maximum absolute atomic E-state index is 11.0. The average Bonchev–Trinajstić information content (AvgIpc) is 2.90. The zero-order valence-corrected chi connectivity index (χ0v) is 19.4. The van der Waals surface area contributed by atoms with Crippen LogP contribution in [0.25, 0.3) is 11.1 Å². The highest BCUT2D eigenvalue weighted by Gasteiger charge is 2.02. The van der Waals surface area contributed by atoms with Crippen LogP contribution >= 0.6 is 0 Å². The second-order valence-corrected chi connectivity index (χ2v) is 7.14. The van der Waals surface area contributed by atoms with E-state index >= 15 is 0 Å². The largest absolute Gasteiger partial charge is 0.476 e. The van der Waals surface area contributed by atoms with E-state index in [1.165, 1.54) is 6.26 Å². The smallest absolute Gasteiger partial charge is 0.333 e. The molecule has 182 valence electrons. The lowest BCUT2D eigenvalue weighted by atomic mass is 10.1. The first-order valence-electron chi connectivity index (χ1n) is 10.9. The van der Waals surface area contributed by atoms with E-state index in [-0.39, 0.29) is 20.4 Å². The average molecular weight is 477 g/mol. The fraction of sp³-hybridized carbons (Fsp3) is 0.179. The monoisotopic (exact) mass is 476 g/mol. The van der Waals surface area contributed by atoms with Gasteiger partial charge in [0.2, 0.25) is 13.6 Å². The van der Waals surface area contributed by atoms with Crippen LogP contribution in [0, 0.1) is 0 Å². The summed E-state index contributed by atoms with van der Waals surface area (Å²) in [5, 5.41) is 0. The van der Waals surface area contributed by atoms with E-state index in [1.807, 2.05) is 72.8 Å². The van der Waals surface area contributed by atoms with Gasteiger partial charge < -0.3 is 28.4 Å². The molecule has 0 saturated heterocycles. The topological polar surface area (TPSA) is 72.5 Å². The molecule has 0 aliphatic carbocycles. The van der Waals surface area contributed by atoms with E-state index in [0.717, 1.165) is 34.9 Å². The molecule has 3 rings (SSSR count). The number of hydrogen-bond donors (Lipinski definition) is 0. The van der Waals surface area contributed by atoms with Crippen LogP contribution < -0.4 is 14.2 Å². The molecule has 0 fully saturated rings. The molecule has 0 aliphatic rings. The summed E-state index contributed by atoms with van der Waals surface area (Å²) in [6.45, 7) is 7.50. The lowest BCUT2D eigenvalue weighted by Gasteiger charge is -2.10. The van der Waals surface area contributed by atoms with Crippen molar-refractivity contribution < 1.29 is 33.2 Å². The van der Waals surface area contributed by atoms with Crippen molar-refractivity contribution in [3.8, 4) is 28.4 Å². The van der Waals surface area contributed by atoms with E-state index < -0.39 is 5.97 Å². The highest BCUT2D eigenvalue weighted by Crippen LogP contribution is 2.25. The van der Waals surface area contributed by atoms with Gasteiger partial charge in [-0.25, -0.2) is 4.79 Å². The highest BCUT2D eigenvalue weighted by molar-refractivity contribution is 5.81. The molecule has 0 heterocycles. The molecule has 0 unspecified atom stereocenters. The first kappa shape index (κ1) is 25.4. The van der Waals surface area contributed by atoms with Crippen LogP contribution in [0.4, 0.5) is 0 Å². The summed E-state index contributed by atoms with van der Waals surface area (Å²) in [4.78, 5) is 11.0. The number of benzene rings is 3. The van der Waals surface area contributed by atoms with Gasteiger partial charge in [0.05, 0.1) is 12.9 Å².